The normalized spacial score (nSPS) is 10.6. The first-order chi connectivity index (χ1) is 14.7. The van der Waals surface area contributed by atoms with E-state index in [2.05, 4.69) is 13.0 Å². The van der Waals surface area contributed by atoms with Crippen LogP contribution >= 0.6 is 0 Å². The van der Waals surface area contributed by atoms with Crippen LogP contribution in [0.2, 0.25) is 0 Å². The predicted molar refractivity (Wildman–Crippen MR) is 121 cm³/mol. The second-order valence-corrected chi connectivity index (χ2v) is 7.53. The van der Waals surface area contributed by atoms with Gasteiger partial charge in [-0.25, -0.2) is 4.39 Å². The number of hydrogen-bond acceptors (Lipinski definition) is 2. The van der Waals surface area contributed by atoms with E-state index in [1.165, 1.54) is 31.7 Å². The number of benzene rings is 3. The summed E-state index contributed by atoms with van der Waals surface area (Å²) in [5.74, 6) is -0.00355. The van der Waals surface area contributed by atoms with Crippen LogP contribution in [0.15, 0.2) is 66.7 Å². The molecule has 0 aliphatic carbocycles. The van der Waals surface area contributed by atoms with Crippen molar-refractivity contribution in [2.45, 2.75) is 45.4 Å². The van der Waals surface area contributed by atoms with E-state index in [1.807, 2.05) is 54.6 Å². The molecule has 0 radical (unpaired) electrons. The molecule has 30 heavy (non-hydrogen) atoms. The summed E-state index contributed by atoms with van der Waals surface area (Å²) in [5, 5.41) is 8.91. The SMILES string of the molecule is CCCCCCCCOc1ccc(-c2ccc(-c3ccc(C#N)cc3)cc2)cc1F. The zero-order chi connectivity index (χ0) is 21.2. The lowest BCUT2D eigenvalue weighted by molar-refractivity contribution is 0.290. The van der Waals surface area contributed by atoms with Gasteiger partial charge in [-0.3, -0.25) is 0 Å². The molecule has 0 N–H and O–H groups in total. The molecule has 0 heterocycles. The van der Waals surface area contributed by atoms with Crippen molar-refractivity contribution in [2.24, 2.45) is 0 Å². The number of nitriles is 1. The van der Waals surface area contributed by atoms with Gasteiger partial charge in [-0.15, -0.1) is 0 Å². The molecule has 0 spiro atoms. The molecule has 0 unspecified atom stereocenters. The lowest BCUT2D eigenvalue weighted by atomic mass is 9.99. The molecule has 0 saturated carbocycles. The maximum atomic E-state index is 14.5. The summed E-state index contributed by atoms with van der Waals surface area (Å²) in [6.07, 6.45) is 7.10. The molecule has 3 aromatic carbocycles. The molecule has 0 aliphatic heterocycles. The fraction of sp³-hybridized carbons (Fsp3) is 0.296. The fourth-order valence-electron chi connectivity index (χ4n) is 3.45. The Morgan fingerprint density at radius 1 is 0.733 bits per heavy atom. The van der Waals surface area contributed by atoms with Crippen LogP contribution in [0.5, 0.6) is 5.75 Å². The van der Waals surface area contributed by atoms with Crippen molar-refractivity contribution in [1.82, 2.24) is 0 Å². The third-order valence-electron chi connectivity index (χ3n) is 5.25. The lowest BCUT2D eigenvalue weighted by Gasteiger charge is -2.10. The van der Waals surface area contributed by atoms with Gasteiger partial charge in [0.05, 0.1) is 18.2 Å². The largest absolute Gasteiger partial charge is 0.491 e. The first-order valence-corrected chi connectivity index (χ1v) is 10.7. The Kier molecular flexibility index (Phi) is 8.03. The highest BCUT2D eigenvalue weighted by Crippen LogP contribution is 2.28. The van der Waals surface area contributed by atoms with Gasteiger partial charge < -0.3 is 4.74 Å². The van der Waals surface area contributed by atoms with Crippen LogP contribution in [0, 0.1) is 17.1 Å². The Hall–Kier alpha value is -3.12. The number of halogens is 1. The Morgan fingerprint density at radius 3 is 1.87 bits per heavy atom. The van der Waals surface area contributed by atoms with E-state index in [0.29, 0.717) is 17.9 Å². The van der Waals surface area contributed by atoms with E-state index in [1.54, 1.807) is 6.07 Å². The average Bonchev–Trinajstić information content (AvgIpc) is 2.79. The van der Waals surface area contributed by atoms with E-state index >= 15 is 0 Å². The molecule has 0 bridgehead atoms. The van der Waals surface area contributed by atoms with Gasteiger partial charge in [0, 0.05) is 0 Å². The summed E-state index contributed by atoms with van der Waals surface area (Å²) >= 11 is 0. The smallest absolute Gasteiger partial charge is 0.165 e. The van der Waals surface area contributed by atoms with Crippen molar-refractivity contribution in [1.29, 1.82) is 5.26 Å². The topological polar surface area (TPSA) is 33.0 Å². The molecule has 0 aromatic heterocycles. The Morgan fingerprint density at radius 2 is 1.27 bits per heavy atom. The maximum absolute atomic E-state index is 14.5. The Bertz CT molecular complexity index is 971. The summed E-state index contributed by atoms with van der Waals surface area (Å²) in [6.45, 7) is 2.76. The molecule has 3 rings (SSSR count). The fourth-order valence-corrected chi connectivity index (χ4v) is 3.45. The minimum absolute atomic E-state index is 0.321. The number of ether oxygens (including phenoxy) is 1. The molecule has 3 heteroatoms. The number of rotatable bonds is 10. The average molecular weight is 402 g/mol. The van der Waals surface area contributed by atoms with E-state index in [0.717, 1.165) is 35.1 Å². The molecule has 0 saturated heterocycles. The lowest BCUT2D eigenvalue weighted by Crippen LogP contribution is -1.99. The van der Waals surface area contributed by atoms with Crippen LogP contribution in [0.4, 0.5) is 4.39 Å². The second-order valence-electron chi connectivity index (χ2n) is 7.53. The highest BCUT2D eigenvalue weighted by molar-refractivity contribution is 5.71. The van der Waals surface area contributed by atoms with Gasteiger partial charge in [0.1, 0.15) is 0 Å². The highest BCUT2D eigenvalue weighted by atomic mass is 19.1. The quantitative estimate of drug-likeness (QED) is 0.325. The van der Waals surface area contributed by atoms with Gasteiger partial charge in [-0.05, 0) is 52.9 Å². The van der Waals surface area contributed by atoms with Crippen molar-refractivity contribution >= 4 is 0 Å². The molecule has 154 valence electrons. The van der Waals surface area contributed by atoms with Crippen LogP contribution in [-0.2, 0) is 0 Å². The molecular weight excluding hydrogens is 373 g/mol. The van der Waals surface area contributed by atoms with Crippen molar-refractivity contribution in [3.63, 3.8) is 0 Å². The van der Waals surface area contributed by atoms with Crippen molar-refractivity contribution in [2.75, 3.05) is 6.61 Å². The summed E-state index contributed by atoms with van der Waals surface area (Å²) in [5.41, 5.74) is 4.52. The van der Waals surface area contributed by atoms with E-state index in [9.17, 15) is 4.39 Å². The van der Waals surface area contributed by atoms with Gasteiger partial charge in [0.2, 0.25) is 0 Å². The Balaban J connectivity index is 1.58. The van der Waals surface area contributed by atoms with Crippen molar-refractivity contribution in [3.8, 4) is 34.1 Å². The van der Waals surface area contributed by atoms with Crippen molar-refractivity contribution < 1.29 is 9.13 Å². The van der Waals surface area contributed by atoms with Crippen LogP contribution in [-0.4, -0.2) is 6.61 Å². The van der Waals surface area contributed by atoms with Gasteiger partial charge in [-0.2, -0.15) is 5.26 Å². The minimum atomic E-state index is -0.324. The summed E-state index contributed by atoms with van der Waals surface area (Å²) < 4.78 is 20.1. The van der Waals surface area contributed by atoms with Crippen molar-refractivity contribution in [3.05, 3.63) is 78.1 Å². The molecule has 0 amide bonds. The maximum Gasteiger partial charge on any atom is 0.165 e. The zero-order valence-electron chi connectivity index (χ0n) is 17.5. The predicted octanol–water partition coefficient (Wildman–Crippen LogP) is 7.77. The first kappa shape index (κ1) is 21.6. The number of nitrogens with zero attached hydrogens (tertiary/aromatic N) is 1. The monoisotopic (exact) mass is 401 g/mol. The third kappa shape index (κ3) is 5.94. The number of hydrogen-bond donors (Lipinski definition) is 0. The first-order valence-electron chi connectivity index (χ1n) is 10.7. The highest BCUT2D eigenvalue weighted by Gasteiger charge is 2.07. The minimum Gasteiger partial charge on any atom is -0.491 e. The molecular formula is C27H28FNO. The second kappa shape index (κ2) is 11.2. The van der Waals surface area contributed by atoms with Gasteiger partial charge >= 0.3 is 0 Å². The standard InChI is InChI=1S/C27H28FNO/c1-2-3-4-5-6-7-18-30-27-17-16-25(19-26(27)28)24-14-12-23(13-15-24)22-10-8-21(20-29)9-11-22/h8-17,19H,2-7,18H2,1H3. The Labute approximate surface area is 179 Å². The summed E-state index contributed by atoms with van der Waals surface area (Å²) in [6, 6.07) is 22.8. The molecule has 0 atom stereocenters. The van der Waals surface area contributed by atoms with E-state index in [4.69, 9.17) is 10.00 Å². The van der Waals surface area contributed by atoms with Crippen LogP contribution in [0.25, 0.3) is 22.3 Å². The molecule has 0 aliphatic rings. The molecule has 3 aromatic rings. The van der Waals surface area contributed by atoms with Gasteiger partial charge in [0.25, 0.3) is 0 Å². The van der Waals surface area contributed by atoms with Gasteiger partial charge in [0.15, 0.2) is 11.6 Å². The third-order valence-corrected chi connectivity index (χ3v) is 5.25. The van der Waals surface area contributed by atoms with Crippen LogP contribution in [0.1, 0.15) is 51.0 Å². The van der Waals surface area contributed by atoms with E-state index < -0.39 is 0 Å². The van der Waals surface area contributed by atoms with E-state index in [-0.39, 0.29) is 5.82 Å². The molecule has 0 fully saturated rings. The van der Waals surface area contributed by atoms with Gasteiger partial charge in [-0.1, -0.05) is 81.5 Å². The zero-order valence-corrected chi connectivity index (χ0v) is 17.5. The van der Waals surface area contributed by atoms with Crippen LogP contribution in [0.3, 0.4) is 0 Å². The summed E-state index contributed by atoms with van der Waals surface area (Å²) in [4.78, 5) is 0. The van der Waals surface area contributed by atoms with Crippen LogP contribution < -0.4 is 4.74 Å². The summed E-state index contributed by atoms with van der Waals surface area (Å²) in [7, 11) is 0. The number of unbranched alkanes of at least 4 members (excludes halogenated alkanes) is 5. The molecule has 2 nitrogen and oxygen atoms in total.